The van der Waals surface area contributed by atoms with Crippen LogP contribution in [0.25, 0.3) is 0 Å². The molecule has 0 amide bonds. The quantitative estimate of drug-likeness (QED) is 0.335. The van der Waals surface area contributed by atoms with Crippen molar-refractivity contribution in [3.8, 4) is 0 Å². The lowest BCUT2D eigenvalue weighted by molar-refractivity contribution is 0.161. The van der Waals surface area contributed by atoms with Gasteiger partial charge in [0.25, 0.3) is 0 Å². The van der Waals surface area contributed by atoms with Crippen LogP contribution in [0.15, 0.2) is 110 Å². The minimum absolute atomic E-state index is 0.762. The van der Waals surface area contributed by atoms with E-state index in [-0.39, 0.29) is 0 Å². The molecule has 0 bridgehead atoms. The van der Waals surface area contributed by atoms with Crippen LogP contribution in [0.3, 0.4) is 0 Å². The largest absolute Gasteiger partial charge is 0.369 e. The first kappa shape index (κ1) is 27.4. The average molecular weight is 535 g/mol. The summed E-state index contributed by atoms with van der Waals surface area (Å²) in [5.74, 6) is 0. The molecule has 0 N–H and O–H groups in total. The molecule has 0 spiro atoms. The van der Waals surface area contributed by atoms with Gasteiger partial charge in [0.15, 0.2) is 0 Å². The second-order valence-electron chi connectivity index (χ2n) is 10.1. The summed E-state index contributed by atoms with van der Waals surface area (Å²) in [5, 5.41) is 0. The van der Waals surface area contributed by atoms with Gasteiger partial charge in [0.05, 0.1) is 35.9 Å². The van der Waals surface area contributed by atoms with E-state index in [0.717, 1.165) is 88.2 Å². The highest BCUT2D eigenvalue weighted by atomic mass is 15.3. The molecule has 0 saturated carbocycles. The molecule has 40 heavy (non-hydrogen) atoms. The fourth-order valence-electron chi connectivity index (χ4n) is 4.80. The highest BCUT2D eigenvalue weighted by molar-refractivity contribution is 5.07. The first-order valence-corrected chi connectivity index (χ1v) is 14.0. The predicted octanol–water partition coefficient (Wildman–Crippen LogP) is 4.06. The van der Waals surface area contributed by atoms with Gasteiger partial charge in [-0.25, -0.2) is 0 Å². The number of aromatic nitrogens is 4. The number of hydrogen-bond donors (Lipinski definition) is 0. The van der Waals surface area contributed by atoms with Gasteiger partial charge >= 0.3 is 0 Å². The van der Waals surface area contributed by atoms with E-state index in [1.165, 1.54) is 0 Å². The van der Waals surface area contributed by atoms with Crippen molar-refractivity contribution in [1.29, 1.82) is 0 Å². The topological polar surface area (TPSA) is 64.5 Å². The Labute approximate surface area is 237 Å². The summed E-state index contributed by atoms with van der Waals surface area (Å²) in [6, 6.07) is 24.6. The lowest BCUT2D eigenvalue weighted by atomic mass is 10.2. The van der Waals surface area contributed by atoms with Crippen molar-refractivity contribution in [3.63, 3.8) is 0 Å². The minimum Gasteiger partial charge on any atom is -0.369 e. The summed E-state index contributed by atoms with van der Waals surface area (Å²) < 4.78 is 0. The average Bonchev–Trinajstić information content (AvgIpc) is 3.00. The zero-order valence-electron chi connectivity index (χ0n) is 23.0. The Morgan fingerprint density at radius 2 is 0.725 bits per heavy atom. The smallest absolute Gasteiger partial charge is 0.0597 e. The fourth-order valence-corrected chi connectivity index (χ4v) is 4.80. The molecule has 206 valence electrons. The minimum atomic E-state index is 0.762. The number of hydrogen-bond acceptors (Lipinski definition) is 8. The van der Waals surface area contributed by atoms with Gasteiger partial charge in [0.2, 0.25) is 0 Å². The van der Waals surface area contributed by atoms with Crippen molar-refractivity contribution in [3.05, 3.63) is 133 Å². The van der Waals surface area contributed by atoms with Gasteiger partial charge in [0.1, 0.15) is 0 Å². The highest BCUT2D eigenvalue weighted by Crippen LogP contribution is 2.11. The van der Waals surface area contributed by atoms with E-state index in [0.29, 0.717) is 0 Å². The Morgan fingerprint density at radius 3 is 1.05 bits per heavy atom. The molecule has 5 heterocycles. The van der Waals surface area contributed by atoms with Crippen molar-refractivity contribution in [1.82, 2.24) is 39.5 Å². The van der Waals surface area contributed by atoms with Gasteiger partial charge in [0, 0.05) is 89.5 Å². The van der Waals surface area contributed by atoms with Crippen molar-refractivity contribution in [2.24, 2.45) is 0 Å². The monoisotopic (exact) mass is 534 g/mol. The van der Waals surface area contributed by atoms with Crippen LogP contribution >= 0.6 is 0 Å². The standard InChI is InChI=1S/C32H38N8/c1-5-13-33-29(9-1)25-37-17-19-38(26-30-10-2-6-14-34-30)21-23-40(28-32-12-4-8-16-36-32)24-22-39(20-18-37)27-31-11-3-7-15-35-31/h1-17,19H,18,20-28H2/b19-17-. The van der Waals surface area contributed by atoms with E-state index >= 15 is 0 Å². The maximum atomic E-state index is 4.61. The van der Waals surface area contributed by atoms with Gasteiger partial charge < -0.3 is 9.80 Å². The van der Waals surface area contributed by atoms with Crippen LogP contribution in [-0.4, -0.2) is 78.8 Å². The molecular weight excluding hydrogens is 496 g/mol. The van der Waals surface area contributed by atoms with E-state index in [1.54, 1.807) is 0 Å². The predicted molar refractivity (Wildman–Crippen MR) is 157 cm³/mol. The first-order chi connectivity index (χ1) is 19.8. The Bertz CT molecular complexity index is 1170. The molecule has 0 unspecified atom stereocenters. The summed E-state index contributed by atoms with van der Waals surface area (Å²) in [4.78, 5) is 28.2. The molecule has 1 aliphatic heterocycles. The summed E-state index contributed by atoms with van der Waals surface area (Å²) in [5.41, 5.74) is 4.32. The Morgan fingerprint density at radius 1 is 0.400 bits per heavy atom. The summed E-state index contributed by atoms with van der Waals surface area (Å²) >= 11 is 0. The maximum Gasteiger partial charge on any atom is 0.0597 e. The lowest BCUT2D eigenvalue weighted by Crippen LogP contribution is -2.41. The molecule has 0 aliphatic carbocycles. The van der Waals surface area contributed by atoms with E-state index < -0.39 is 0 Å². The highest BCUT2D eigenvalue weighted by Gasteiger charge is 2.16. The third-order valence-corrected chi connectivity index (χ3v) is 7.03. The number of pyridine rings is 4. The third kappa shape index (κ3) is 8.97. The number of nitrogens with zero attached hydrogens (tertiary/aromatic N) is 8. The van der Waals surface area contributed by atoms with Gasteiger partial charge in [-0.3, -0.25) is 29.7 Å². The second-order valence-corrected chi connectivity index (χ2v) is 10.1. The molecule has 0 saturated heterocycles. The molecule has 0 atom stereocenters. The van der Waals surface area contributed by atoms with Crippen LogP contribution in [0.2, 0.25) is 0 Å². The summed E-state index contributed by atoms with van der Waals surface area (Å²) in [6.45, 7) is 8.69. The molecule has 1 aliphatic rings. The van der Waals surface area contributed by atoms with Crippen LogP contribution in [0.4, 0.5) is 0 Å². The third-order valence-electron chi connectivity index (χ3n) is 7.03. The molecule has 0 fully saturated rings. The van der Waals surface area contributed by atoms with Gasteiger partial charge in [-0.15, -0.1) is 0 Å². The molecule has 0 aromatic carbocycles. The maximum absolute atomic E-state index is 4.61. The number of rotatable bonds is 8. The van der Waals surface area contributed by atoms with Crippen molar-refractivity contribution < 1.29 is 0 Å². The van der Waals surface area contributed by atoms with Crippen molar-refractivity contribution in [2.75, 3.05) is 39.3 Å². The Balaban J connectivity index is 1.38. The Kier molecular flexibility index (Phi) is 10.2. The van der Waals surface area contributed by atoms with Crippen LogP contribution in [0, 0.1) is 0 Å². The second kappa shape index (κ2) is 14.9. The molecular formula is C32H38N8. The van der Waals surface area contributed by atoms with Crippen molar-refractivity contribution in [2.45, 2.75) is 26.2 Å². The van der Waals surface area contributed by atoms with E-state index in [4.69, 9.17) is 0 Å². The van der Waals surface area contributed by atoms with Crippen molar-refractivity contribution >= 4 is 0 Å². The first-order valence-electron chi connectivity index (χ1n) is 14.0. The van der Waals surface area contributed by atoms with Gasteiger partial charge in [-0.2, -0.15) is 0 Å². The Hall–Kier alpha value is -4.14. The van der Waals surface area contributed by atoms with Gasteiger partial charge in [-0.05, 0) is 48.5 Å². The zero-order valence-corrected chi connectivity index (χ0v) is 23.0. The van der Waals surface area contributed by atoms with E-state index in [9.17, 15) is 0 Å². The van der Waals surface area contributed by atoms with Crippen LogP contribution in [0.5, 0.6) is 0 Å². The summed E-state index contributed by atoms with van der Waals surface area (Å²) in [6.07, 6.45) is 11.9. The lowest BCUT2D eigenvalue weighted by Gasteiger charge is -2.32. The van der Waals surface area contributed by atoms with Crippen LogP contribution < -0.4 is 0 Å². The SMILES string of the molecule is C1=C\N(Cc2ccccn2)CCN(Cc2ccccn2)CCN(Cc2ccccn2)CCN/1Cc1ccccn1. The fraction of sp³-hybridized carbons (Fsp3) is 0.312. The zero-order chi connectivity index (χ0) is 27.2. The molecule has 4 aromatic heterocycles. The molecule has 0 radical (unpaired) electrons. The summed E-state index contributed by atoms with van der Waals surface area (Å²) in [7, 11) is 0. The molecule has 4 aromatic rings. The molecule has 8 heteroatoms. The molecule has 8 nitrogen and oxygen atoms in total. The molecule has 5 rings (SSSR count). The van der Waals surface area contributed by atoms with Gasteiger partial charge in [-0.1, -0.05) is 24.3 Å². The van der Waals surface area contributed by atoms with Crippen LogP contribution in [-0.2, 0) is 26.2 Å². The van der Waals surface area contributed by atoms with E-state index in [2.05, 4.69) is 100 Å². The van der Waals surface area contributed by atoms with E-state index in [1.807, 2.05) is 49.1 Å². The van der Waals surface area contributed by atoms with Crippen LogP contribution in [0.1, 0.15) is 22.8 Å². The normalized spacial score (nSPS) is 16.7.